The Morgan fingerprint density at radius 2 is 1.43 bits per heavy atom. The van der Waals surface area contributed by atoms with Crippen LogP contribution < -0.4 is 0 Å². The van der Waals surface area contributed by atoms with E-state index in [1.165, 1.54) is 42.1 Å². The molecule has 0 amide bonds. The molecule has 74 heavy (non-hydrogen) atoms. The minimum atomic E-state index is -1.37. The highest BCUT2D eigenvalue weighted by Crippen LogP contribution is 2.44. The topological polar surface area (TPSA) is 220 Å². The van der Waals surface area contributed by atoms with E-state index in [1.54, 1.807) is 34.6 Å². The predicted octanol–water partition coefficient (Wildman–Crippen LogP) is 5.56. The monoisotopic (exact) mass is 1050 g/mol. The number of ether oxygens (including phenoxy) is 12. The number of methoxy groups -OCH3 is 3. The van der Waals surface area contributed by atoms with E-state index in [1.807, 2.05) is 63.2 Å². The number of hydrogen-bond acceptors (Lipinski definition) is 20. The van der Waals surface area contributed by atoms with Gasteiger partial charge in [-0.3, -0.25) is 33.7 Å². The zero-order chi connectivity index (χ0) is 55.0. The molecule has 0 aliphatic carbocycles. The molecule has 3 fully saturated rings. The lowest BCUT2D eigenvalue weighted by Crippen LogP contribution is -2.68. The van der Waals surface area contributed by atoms with Crippen LogP contribution in [0.1, 0.15) is 120 Å². The molecule has 420 valence electrons. The highest BCUT2D eigenvalue weighted by Gasteiger charge is 2.58. The van der Waals surface area contributed by atoms with Crippen molar-refractivity contribution >= 4 is 35.8 Å². The molecule has 1 aromatic carbocycles. The first-order valence-corrected chi connectivity index (χ1v) is 26.1. The van der Waals surface area contributed by atoms with Crippen LogP contribution in [0.2, 0.25) is 0 Å². The molecule has 20 nitrogen and oxygen atoms in total. The Morgan fingerprint density at radius 1 is 0.797 bits per heavy atom. The number of esters is 6. The predicted molar refractivity (Wildman–Crippen MR) is 268 cm³/mol. The van der Waals surface area contributed by atoms with Gasteiger partial charge in [-0.15, -0.1) is 0 Å². The number of rotatable bonds is 18. The zero-order valence-electron chi connectivity index (χ0n) is 46.4. The van der Waals surface area contributed by atoms with Crippen LogP contribution in [0, 0.1) is 17.8 Å². The number of carbonyl (C=O) groups excluding carboxylic acids is 6. The summed E-state index contributed by atoms with van der Waals surface area (Å²) < 4.78 is 75.3. The van der Waals surface area contributed by atoms with Gasteiger partial charge in [0.25, 0.3) is 0 Å². The standard InChI is InChI=1S/C54H86N2O18/c1-16-42(60)71-40-27-44(62)66-32(4)23-24-56(29-38-21-19-18-20-22-38)30-41(69-35(7)57)31(3)25-39(26-45(63-13)64-14)47(50(40)65-15)51-52(70-36(8)58)48(55(11)12)49(33(5)68-51)73-46-28-54(10,74-37(9)59)53(34(6)67-46)72-43(61)17-2/h18-22,31-34,39-41,45-53H,16-17,23-30H2,1-15H3/t31-,32-,33-,34+,39-,40-,41+,46-,47+,48+,49-,50-,51+,52-,53+,54-/m1/s1. The molecular formula is C54H86N2O18. The molecule has 3 heterocycles. The van der Waals surface area contributed by atoms with Crippen LogP contribution in [0.15, 0.2) is 30.3 Å². The fraction of sp³-hybridized carbons (Fsp3) is 0.778. The van der Waals surface area contributed by atoms with Gasteiger partial charge in [0.2, 0.25) is 0 Å². The molecule has 0 N–H and O–H groups in total. The Balaban J connectivity index is 1.96. The molecule has 0 aromatic heterocycles. The Kier molecular flexibility index (Phi) is 24.6. The van der Waals surface area contributed by atoms with Crippen molar-refractivity contribution in [2.45, 2.75) is 206 Å². The highest BCUT2D eigenvalue weighted by atomic mass is 16.7. The molecule has 3 saturated heterocycles. The third kappa shape index (κ3) is 17.6. The Labute approximate surface area is 438 Å². The lowest BCUT2D eigenvalue weighted by atomic mass is 9.70. The van der Waals surface area contributed by atoms with Gasteiger partial charge in [-0.1, -0.05) is 51.1 Å². The van der Waals surface area contributed by atoms with Crippen molar-refractivity contribution in [2.75, 3.05) is 48.5 Å². The van der Waals surface area contributed by atoms with Crippen LogP contribution >= 0.6 is 0 Å². The second-order valence-corrected chi connectivity index (χ2v) is 20.5. The first-order chi connectivity index (χ1) is 35.0. The maximum absolute atomic E-state index is 14.2. The second kappa shape index (κ2) is 29.3. The summed E-state index contributed by atoms with van der Waals surface area (Å²) in [5.74, 6) is -5.32. The summed E-state index contributed by atoms with van der Waals surface area (Å²) in [5.41, 5.74) is -0.328. The fourth-order valence-corrected chi connectivity index (χ4v) is 11.0. The van der Waals surface area contributed by atoms with E-state index in [2.05, 4.69) is 4.90 Å². The molecule has 0 radical (unpaired) electrons. The second-order valence-electron chi connectivity index (χ2n) is 20.5. The van der Waals surface area contributed by atoms with Crippen molar-refractivity contribution in [3.05, 3.63) is 35.9 Å². The minimum absolute atomic E-state index is 0.0187. The molecule has 0 saturated carbocycles. The fourth-order valence-electron chi connectivity index (χ4n) is 11.0. The first kappa shape index (κ1) is 62.3. The van der Waals surface area contributed by atoms with Gasteiger partial charge >= 0.3 is 35.8 Å². The molecule has 20 heteroatoms. The van der Waals surface area contributed by atoms with E-state index in [9.17, 15) is 28.8 Å². The Hall–Kier alpha value is -4.28. The lowest BCUT2D eigenvalue weighted by Gasteiger charge is -2.54. The largest absolute Gasteiger partial charge is 0.463 e. The molecule has 3 aliphatic rings. The van der Waals surface area contributed by atoms with Crippen LogP contribution in [-0.2, 0) is 92.2 Å². The molecule has 0 unspecified atom stereocenters. The number of cyclic esters (lactones) is 1. The SMILES string of the molecule is CCC(=O)O[C@@H]1CC(=O)O[C@H](C)CCN(Cc2ccccc2)C[C@H](OC(C)=O)[C@H](C)C[C@H](CC(OC)OC)[C@H]([C@@H]2O[C@H](C)[C@@H](O[C@@H]3C[C@@](C)(OC(C)=O)[C@@H](OC(=O)CC)[C@H](C)O3)[C@H](N(C)C)[C@H]2OC(C)=O)[C@@H]1OC. The third-order valence-electron chi connectivity index (χ3n) is 14.3. The molecule has 0 spiro atoms. The highest BCUT2D eigenvalue weighted by molar-refractivity contribution is 5.73. The molecule has 3 aliphatic heterocycles. The van der Waals surface area contributed by atoms with Gasteiger partial charge in [0.15, 0.2) is 24.3 Å². The van der Waals surface area contributed by atoms with E-state index in [0.29, 0.717) is 32.5 Å². The molecular weight excluding hydrogens is 965 g/mol. The summed E-state index contributed by atoms with van der Waals surface area (Å²) in [5, 5.41) is 0. The van der Waals surface area contributed by atoms with Crippen LogP contribution in [0.4, 0.5) is 0 Å². The van der Waals surface area contributed by atoms with Crippen molar-refractivity contribution < 1.29 is 85.6 Å². The number of carbonyl (C=O) groups is 6. The molecule has 4 rings (SSSR count). The smallest absolute Gasteiger partial charge is 0.309 e. The summed E-state index contributed by atoms with van der Waals surface area (Å²) in [6.07, 6.45) is -10.7. The maximum atomic E-state index is 14.2. The number of hydrogen-bond donors (Lipinski definition) is 0. The van der Waals surface area contributed by atoms with E-state index < -0.39 is 139 Å². The van der Waals surface area contributed by atoms with Gasteiger partial charge in [-0.25, -0.2) is 0 Å². The summed E-state index contributed by atoms with van der Waals surface area (Å²) in [4.78, 5) is 83.5. The summed E-state index contributed by atoms with van der Waals surface area (Å²) in [7, 11) is 8.10. The quantitative estimate of drug-likeness (QED) is 0.0998. The first-order valence-electron chi connectivity index (χ1n) is 26.1. The summed E-state index contributed by atoms with van der Waals surface area (Å²) in [6, 6.07) is 9.11. The number of benzene rings is 1. The van der Waals surface area contributed by atoms with Crippen molar-refractivity contribution in [2.24, 2.45) is 17.8 Å². The van der Waals surface area contributed by atoms with Crippen LogP contribution in [0.25, 0.3) is 0 Å². The molecule has 1 aromatic rings. The van der Waals surface area contributed by atoms with E-state index in [4.69, 9.17) is 56.8 Å². The zero-order valence-corrected chi connectivity index (χ0v) is 46.4. The van der Waals surface area contributed by atoms with E-state index in [0.717, 1.165) is 5.56 Å². The summed E-state index contributed by atoms with van der Waals surface area (Å²) in [6.45, 7) is 17.5. The minimum Gasteiger partial charge on any atom is -0.463 e. The van der Waals surface area contributed by atoms with Gasteiger partial charge in [0, 0.05) is 93.3 Å². The lowest BCUT2D eigenvalue weighted by molar-refractivity contribution is -0.320. The van der Waals surface area contributed by atoms with E-state index >= 15 is 0 Å². The third-order valence-corrected chi connectivity index (χ3v) is 14.3. The summed E-state index contributed by atoms with van der Waals surface area (Å²) >= 11 is 0. The van der Waals surface area contributed by atoms with Crippen molar-refractivity contribution in [3.8, 4) is 0 Å². The number of nitrogens with zero attached hydrogens (tertiary/aromatic N) is 2. The average Bonchev–Trinajstić information content (AvgIpc) is 3.32. The van der Waals surface area contributed by atoms with Gasteiger partial charge in [0.05, 0.1) is 24.7 Å². The van der Waals surface area contributed by atoms with Crippen molar-refractivity contribution in [3.63, 3.8) is 0 Å². The van der Waals surface area contributed by atoms with Gasteiger partial charge in [-0.2, -0.15) is 0 Å². The van der Waals surface area contributed by atoms with Gasteiger partial charge < -0.3 is 61.7 Å². The Bertz CT molecular complexity index is 1950. The van der Waals surface area contributed by atoms with Crippen LogP contribution in [0.5, 0.6) is 0 Å². The maximum Gasteiger partial charge on any atom is 0.309 e. The number of likely N-dealkylation sites (N-methyl/N-ethyl adjacent to an activating group) is 1. The molecule has 0 bridgehead atoms. The van der Waals surface area contributed by atoms with Crippen molar-refractivity contribution in [1.29, 1.82) is 0 Å². The Morgan fingerprint density at radius 3 is 2.00 bits per heavy atom. The normalized spacial score (nSPS) is 33.9. The van der Waals surface area contributed by atoms with Crippen LogP contribution in [0.3, 0.4) is 0 Å². The van der Waals surface area contributed by atoms with Gasteiger partial charge in [-0.05, 0) is 72.0 Å². The van der Waals surface area contributed by atoms with Crippen molar-refractivity contribution in [1.82, 2.24) is 9.80 Å². The van der Waals surface area contributed by atoms with E-state index in [-0.39, 0.29) is 31.6 Å². The molecule has 16 atom stereocenters. The van der Waals surface area contributed by atoms with Crippen LogP contribution in [-0.4, -0.2) is 179 Å². The van der Waals surface area contributed by atoms with Gasteiger partial charge in [0.1, 0.15) is 42.7 Å². The average molecular weight is 1050 g/mol.